The van der Waals surface area contributed by atoms with Crippen LogP contribution in [-0.2, 0) is 0 Å². The number of aryl methyl sites for hydroxylation is 1. The van der Waals surface area contributed by atoms with Gasteiger partial charge in [-0.25, -0.2) is 4.68 Å². The van der Waals surface area contributed by atoms with Gasteiger partial charge in [-0.05, 0) is 70.2 Å². The van der Waals surface area contributed by atoms with Crippen LogP contribution < -0.4 is 5.32 Å². The largest absolute Gasteiger partial charge is 0.322 e. The predicted octanol–water partition coefficient (Wildman–Crippen LogP) is 1.20. The summed E-state index contributed by atoms with van der Waals surface area (Å²) in [4.78, 5) is 12.5. The van der Waals surface area contributed by atoms with E-state index in [2.05, 4.69) is 36.4 Å². The van der Waals surface area contributed by atoms with Gasteiger partial charge in [0, 0.05) is 11.3 Å². The van der Waals surface area contributed by atoms with Crippen molar-refractivity contribution in [2.45, 2.75) is 6.92 Å². The monoisotopic (exact) mass is 347 g/mol. The van der Waals surface area contributed by atoms with Crippen molar-refractivity contribution in [3.05, 3.63) is 66.2 Å². The summed E-state index contributed by atoms with van der Waals surface area (Å²) in [6.07, 6.45) is 1.49. The molecular weight excluding hydrogens is 334 g/mol. The molecule has 2 aromatic heterocycles. The van der Waals surface area contributed by atoms with Gasteiger partial charge in [-0.2, -0.15) is 4.68 Å². The van der Waals surface area contributed by atoms with Crippen LogP contribution in [0, 0.1) is 6.92 Å². The van der Waals surface area contributed by atoms with Crippen molar-refractivity contribution in [3.63, 3.8) is 0 Å². The van der Waals surface area contributed by atoms with E-state index in [1.807, 2.05) is 12.1 Å². The summed E-state index contributed by atoms with van der Waals surface area (Å²) in [6.45, 7) is 1.80. The number of amides is 1. The summed E-state index contributed by atoms with van der Waals surface area (Å²) in [6, 6.07) is 14.3. The Balaban J connectivity index is 1.52. The van der Waals surface area contributed by atoms with Crippen LogP contribution in [0.1, 0.15) is 16.2 Å². The third-order valence-electron chi connectivity index (χ3n) is 3.72. The number of benzene rings is 2. The van der Waals surface area contributed by atoms with Gasteiger partial charge in [0.15, 0.2) is 5.82 Å². The summed E-state index contributed by atoms with van der Waals surface area (Å²) in [5.74, 6) is 0.436. The number of carbonyl (C=O) groups excluding carboxylic acids is 1. The van der Waals surface area contributed by atoms with Crippen molar-refractivity contribution in [2.75, 3.05) is 5.32 Å². The van der Waals surface area contributed by atoms with E-state index in [9.17, 15) is 4.79 Å². The lowest BCUT2D eigenvalue weighted by Crippen LogP contribution is -2.12. The fourth-order valence-corrected chi connectivity index (χ4v) is 2.43. The fraction of sp³-hybridized carbons (Fsp3) is 0.0625. The smallest absolute Gasteiger partial charge is 0.255 e. The van der Waals surface area contributed by atoms with Crippen LogP contribution in [0.15, 0.2) is 54.9 Å². The van der Waals surface area contributed by atoms with E-state index >= 15 is 0 Å². The van der Waals surface area contributed by atoms with Gasteiger partial charge in [0.25, 0.3) is 5.91 Å². The molecule has 0 atom stereocenters. The number of nitrogens with one attached hydrogen (secondary N) is 1. The van der Waals surface area contributed by atoms with E-state index in [0.29, 0.717) is 17.1 Å². The van der Waals surface area contributed by atoms with Gasteiger partial charge in [0.05, 0.1) is 11.4 Å². The maximum absolute atomic E-state index is 12.5. The SMILES string of the molecule is Cc1nnnn1-c1cccc(NC(=O)c2ccc(-n3cnnn3)cc2)c1. The van der Waals surface area contributed by atoms with Crippen LogP contribution in [0.2, 0.25) is 0 Å². The molecule has 1 amide bonds. The van der Waals surface area contributed by atoms with E-state index in [0.717, 1.165) is 11.4 Å². The molecule has 0 spiro atoms. The van der Waals surface area contributed by atoms with Gasteiger partial charge in [-0.3, -0.25) is 4.79 Å². The number of tetrazole rings is 2. The Hall–Kier alpha value is -3.95. The Morgan fingerprint density at radius 3 is 2.54 bits per heavy atom. The summed E-state index contributed by atoms with van der Waals surface area (Å²) in [5.41, 5.74) is 2.69. The molecule has 0 bridgehead atoms. The minimum Gasteiger partial charge on any atom is -0.322 e. The average Bonchev–Trinajstić information content (AvgIpc) is 3.34. The summed E-state index contributed by atoms with van der Waals surface area (Å²) >= 11 is 0. The normalized spacial score (nSPS) is 10.7. The number of aromatic nitrogens is 8. The Bertz CT molecular complexity index is 1040. The zero-order valence-corrected chi connectivity index (χ0v) is 13.7. The third-order valence-corrected chi connectivity index (χ3v) is 3.72. The molecule has 0 unspecified atom stereocenters. The number of carbonyl (C=O) groups is 1. The predicted molar refractivity (Wildman–Crippen MR) is 91.0 cm³/mol. The first-order valence-electron chi connectivity index (χ1n) is 7.71. The first-order chi connectivity index (χ1) is 12.7. The van der Waals surface area contributed by atoms with Crippen LogP contribution in [0.3, 0.4) is 0 Å². The maximum atomic E-state index is 12.5. The van der Waals surface area contributed by atoms with Gasteiger partial charge < -0.3 is 5.32 Å². The van der Waals surface area contributed by atoms with Crippen LogP contribution >= 0.6 is 0 Å². The second kappa shape index (κ2) is 6.51. The number of anilines is 1. The standard InChI is InChI=1S/C16H13N9O/c1-11-19-21-23-25(11)15-4-2-3-13(9-15)18-16(26)12-5-7-14(8-6-12)24-10-17-20-22-24/h2-10H,1H3,(H,18,26). The van der Waals surface area contributed by atoms with E-state index in [-0.39, 0.29) is 5.91 Å². The van der Waals surface area contributed by atoms with Gasteiger partial charge in [0.1, 0.15) is 6.33 Å². The van der Waals surface area contributed by atoms with Crippen molar-refractivity contribution in [3.8, 4) is 11.4 Å². The molecule has 0 aliphatic heterocycles. The molecule has 0 saturated carbocycles. The molecule has 2 heterocycles. The summed E-state index contributed by atoms with van der Waals surface area (Å²) in [5, 5.41) is 25.2. The highest BCUT2D eigenvalue weighted by atomic mass is 16.1. The molecule has 10 heteroatoms. The maximum Gasteiger partial charge on any atom is 0.255 e. The molecule has 10 nitrogen and oxygen atoms in total. The molecule has 128 valence electrons. The molecule has 1 N–H and O–H groups in total. The Morgan fingerprint density at radius 1 is 1.00 bits per heavy atom. The van der Waals surface area contributed by atoms with Crippen LogP contribution in [0.5, 0.6) is 0 Å². The minimum atomic E-state index is -0.223. The molecule has 0 radical (unpaired) electrons. The molecule has 0 fully saturated rings. The molecule has 4 rings (SSSR count). The van der Waals surface area contributed by atoms with Crippen LogP contribution in [0.4, 0.5) is 5.69 Å². The Labute approximate surface area is 147 Å². The first-order valence-corrected chi connectivity index (χ1v) is 7.71. The Kier molecular flexibility index (Phi) is 3.90. The zero-order chi connectivity index (χ0) is 17.9. The van der Waals surface area contributed by atoms with E-state index in [1.54, 1.807) is 48.0 Å². The van der Waals surface area contributed by atoms with Gasteiger partial charge in [-0.15, -0.1) is 10.2 Å². The molecule has 0 aliphatic rings. The number of nitrogens with zero attached hydrogens (tertiary/aromatic N) is 8. The van der Waals surface area contributed by atoms with Gasteiger partial charge >= 0.3 is 0 Å². The average molecular weight is 347 g/mol. The lowest BCUT2D eigenvalue weighted by atomic mass is 10.2. The van der Waals surface area contributed by atoms with Gasteiger partial charge in [0.2, 0.25) is 0 Å². The molecular formula is C16H13N9O. The van der Waals surface area contributed by atoms with Crippen LogP contribution in [0.25, 0.3) is 11.4 Å². The molecule has 26 heavy (non-hydrogen) atoms. The lowest BCUT2D eigenvalue weighted by Gasteiger charge is -2.08. The van der Waals surface area contributed by atoms with Crippen molar-refractivity contribution in [1.82, 2.24) is 40.4 Å². The molecule has 2 aromatic carbocycles. The lowest BCUT2D eigenvalue weighted by molar-refractivity contribution is 0.102. The Morgan fingerprint density at radius 2 is 1.85 bits per heavy atom. The highest BCUT2D eigenvalue weighted by Crippen LogP contribution is 2.16. The van der Waals surface area contributed by atoms with Crippen molar-refractivity contribution in [1.29, 1.82) is 0 Å². The highest BCUT2D eigenvalue weighted by Gasteiger charge is 2.09. The van der Waals surface area contributed by atoms with E-state index in [4.69, 9.17) is 0 Å². The number of hydrogen-bond donors (Lipinski definition) is 1. The summed E-state index contributed by atoms with van der Waals surface area (Å²) < 4.78 is 3.11. The molecule has 0 aliphatic carbocycles. The van der Waals surface area contributed by atoms with Crippen molar-refractivity contribution < 1.29 is 4.79 Å². The number of hydrogen-bond acceptors (Lipinski definition) is 7. The van der Waals surface area contributed by atoms with Crippen molar-refractivity contribution >= 4 is 11.6 Å². The highest BCUT2D eigenvalue weighted by molar-refractivity contribution is 6.04. The second-order valence-electron chi connectivity index (χ2n) is 5.44. The quantitative estimate of drug-likeness (QED) is 0.589. The molecule has 4 aromatic rings. The molecule has 0 saturated heterocycles. The van der Waals surface area contributed by atoms with Crippen molar-refractivity contribution in [2.24, 2.45) is 0 Å². The second-order valence-corrected chi connectivity index (χ2v) is 5.44. The van der Waals surface area contributed by atoms with E-state index in [1.165, 1.54) is 11.0 Å². The fourth-order valence-electron chi connectivity index (χ4n) is 2.43. The summed E-state index contributed by atoms with van der Waals surface area (Å²) in [7, 11) is 0. The van der Waals surface area contributed by atoms with E-state index < -0.39 is 0 Å². The first kappa shape index (κ1) is 15.6. The van der Waals surface area contributed by atoms with Crippen LogP contribution in [-0.4, -0.2) is 46.3 Å². The minimum absolute atomic E-state index is 0.223. The number of rotatable bonds is 4. The topological polar surface area (TPSA) is 116 Å². The third kappa shape index (κ3) is 3.02. The zero-order valence-electron chi connectivity index (χ0n) is 13.7. The van der Waals surface area contributed by atoms with Gasteiger partial charge in [-0.1, -0.05) is 6.07 Å².